The first-order chi connectivity index (χ1) is 11.1. The third kappa shape index (κ3) is 2.24. The van der Waals surface area contributed by atoms with E-state index in [1.165, 1.54) is 22.2 Å². The standard InChI is InChI=1S/C20H20N2O/c1-14-6-5-7-15(12-14)20(23)22-11-10-19-17(13-22)16-8-3-4-9-18(16)21(19)2/h3-9,12H,10-11,13H2,1-2H3. The number of carbonyl (C=O) groups is 1. The Morgan fingerprint density at radius 3 is 2.74 bits per heavy atom. The van der Waals surface area contributed by atoms with E-state index < -0.39 is 0 Å². The van der Waals surface area contributed by atoms with Gasteiger partial charge in [0, 0.05) is 54.3 Å². The molecular weight excluding hydrogens is 284 g/mol. The maximum absolute atomic E-state index is 12.8. The van der Waals surface area contributed by atoms with Gasteiger partial charge >= 0.3 is 0 Å². The van der Waals surface area contributed by atoms with Crippen LogP contribution in [0.15, 0.2) is 48.5 Å². The van der Waals surface area contributed by atoms with Crippen LogP contribution >= 0.6 is 0 Å². The molecule has 0 saturated heterocycles. The number of rotatable bonds is 1. The lowest BCUT2D eigenvalue weighted by atomic mass is 10.0. The van der Waals surface area contributed by atoms with E-state index >= 15 is 0 Å². The highest BCUT2D eigenvalue weighted by Crippen LogP contribution is 2.30. The predicted octanol–water partition coefficient (Wildman–Crippen LogP) is 3.69. The van der Waals surface area contributed by atoms with Gasteiger partial charge in [0.05, 0.1) is 0 Å². The molecule has 1 aliphatic heterocycles. The maximum Gasteiger partial charge on any atom is 0.254 e. The molecule has 1 aromatic heterocycles. The Balaban J connectivity index is 1.71. The minimum Gasteiger partial charge on any atom is -0.347 e. The van der Waals surface area contributed by atoms with Crippen molar-refractivity contribution in [3.63, 3.8) is 0 Å². The predicted molar refractivity (Wildman–Crippen MR) is 92.5 cm³/mol. The van der Waals surface area contributed by atoms with Gasteiger partial charge < -0.3 is 9.47 Å². The van der Waals surface area contributed by atoms with E-state index in [1.807, 2.05) is 36.1 Å². The molecule has 0 atom stereocenters. The van der Waals surface area contributed by atoms with Crippen molar-refractivity contribution in [2.45, 2.75) is 19.9 Å². The second-order valence-corrected chi connectivity index (χ2v) is 6.35. The fourth-order valence-electron chi connectivity index (χ4n) is 3.66. The molecule has 0 N–H and O–H groups in total. The third-order valence-electron chi connectivity index (χ3n) is 4.86. The molecule has 0 bridgehead atoms. The molecule has 23 heavy (non-hydrogen) atoms. The van der Waals surface area contributed by atoms with E-state index in [9.17, 15) is 4.79 Å². The molecule has 0 aliphatic carbocycles. The summed E-state index contributed by atoms with van der Waals surface area (Å²) >= 11 is 0. The Bertz CT molecular complexity index is 907. The van der Waals surface area contributed by atoms with E-state index in [4.69, 9.17) is 0 Å². The van der Waals surface area contributed by atoms with E-state index in [-0.39, 0.29) is 5.91 Å². The lowest BCUT2D eigenvalue weighted by Gasteiger charge is -2.28. The van der Waals surface area contributed by atoms with E-state index in [1.54, 1.807) is 0 Å². The molecule has 116 valence electrons. The van der Waals surface area contributed by atoms with Crippen LogP contribution in [0.1, 0.15) is 27.2 Å². The fraction of sp³-hybridized carbons (Fsp3) is 0.250. The van der Waals surface area contributed by atoms with Gasteiger partial charge in [-0.05, 0) is 25.1 Å². The Morgan fingerprint density at radius 1 is 1.09 bits per heavy atom. The zero-order valence-electron chi connectivity index (χ0n) is 13.5. The average molecular weight is 304 g/mol. The first-order valence-corrected chi connectivity index (χ1v) is 8.06. The highest BCUT2D eigenvalue weighted by atomic mass is 16.2. The molecular formula is C20H20N2O. The molecule has 1 aliphatic rings. The number of fused-ring (bicyclic) bond motifs is 3. The molecule has 0 fully saturated rings. The van der Waals surface area contributed by atoms with E-state index in [0.29, 0.717) is 6.54 Å². The second-order valence-electron chi connectivity index (χ2n) is 6.35. The van der Waals surface area contributed by atoms with Gasteiger partial charge in [0.2, 0.25) is 0 Å². The average Bonchev–Trinajstić information content (AvgIpc) is 2.87. The summed E-state index contributed by atoms with van der Waals surface area (Å²) in [6, 6.07) is 16.3. The molecule has 1 amide bonds. The van der Waals surface area contributed by atoms with Crippen LogP contribution in [-0.4, -0.2) is 21.9 Å². The summed E-state index contributed by atoms with van der Waals surface area (Å²) in [6.07, 6.45) is 0.915. The molecule has 4 rings (SSSR count). The van der Waals surface area contributed by atoms with Crippen molar-refractivity contribution in [3.8, 4) is 0 Å². The van der Waals surface area contributed by atoms with Gasteiger partial charge in [0.1, 0.15) is 0 Å². The quantitative estimate of drug-likeness (QED) is 0.673. The first kappa shape index (κ1) is 14.1. The number of amides is 1. The van der Waals surface area contributed by atoms with Crippen LogP contribution in [0.25, 0.3) is 10.9 Å². The summed E-state index contributed by atoms with van der Waals surface area (Å²) in [7, 11) is 2.12. The molecule has 0 saturated carbocycles. The van der Waals surface area contributed by atoms with Crippen LogP contribution in [-0.2, 0) is 20.0 Å². The van der Waals surface area contributed by atoms with Crippen molar-refractivity contribution in [1.29, 1.82) is 0 Å². The van der Waals surface area contributed by atoms with Gasteiger partial charge in [-0.25, -0.2) is 0 Å². The molecule has 0 spiro atoms. The largest absolute Gasteiger partial charge is 0.347 e. The number of benzene rings is 2. The Morgan fingerprint density at radius 2 is 1.91 bits per heavy atom. The van der Waals surface area contributed by atoms with E-state index in [0.717, 1.165) is 24.1 Å². The molecule has 0 unspecified atom stereocenters. The van der Waals surface area contributed by atoms with Crippen LogP contribution in [0.4, 0.5) is 0 Å². The van der Waals surface area contributed by atoms with Crippen LogP contribution < -0.4 is 0 Å². The number of hydrogen-bond acceptors (Lipinski definition) is 1. The fourth-order valence-corrected chi connectivity index (χ4v) is 3.66. The van der Waals surface area contributed by atoms with Crippen molar-refractivity contribution < 1.29 is 4.79 Å². The third-order valence-corrected chi connectivity index (χ3v) is 4.86. The minimum absolute atomic E-state index is 0.132. The molecule has 3 nitrogen and oxygen atoms in total. The van der Waals surface area contributed by atoms with Crippen LogP contribution in [0.3, 0.4) is 0 Å². The lowest BCUT2D eigenvalue weighted by Crippen LogP contribution is -2.36. The monoisotopic (exact) mass is 304 g/mol. The number of hydrogen-bond donors (Lipinski definition) is 0. The number of nitrogens with zero attached hydrogens (tertiary/aromatic N) is 2. The zero-order chi connectivity index (χ0) is 16.0. The summed E-state index contributed by atoms with van der Waals surface area (Å²) in [4.78, 5) is 14.8. The summed E-state index contributed by atoms with van der Waals surface area (Å²) in [6.45, 7) is 3.50. The molecule has 3 aromatic rings. The SMILES string of the molecule is Cc1cccc(C(=O)N2CCc3c(c4ccccc4n3C)C2)c1. The van der Waals surface area contributed by atoms with Gasteiger partial charge in [-0.2, -0.15) is 0 Å². The van der Waals surface area contributed by atoms with Gasteiger partial charge in [0.25, 0.3) is 5.91 Å². The molecule has 0 radical (unpaired) electrons. The molecule has 2 heterocycles. The van der Waals surface area contributed by atoms with Gasteiger partial charge in [-0.3, -0.25) is 4.79 Å². The van der Waals surface area contributed by atoms with E-state index in [2.05, 4.69) is 35.9 Å². The maximum atomic E-state index is 12.8. The van der Waals surface area contributed by atoms with Crippen molar-refractivity contribution in [1.82, 2.24) is 9.47 Å². The highest BCUT2D eigenvalue weighted by Gasteiger charge is 2.26. The minimum atomic E-state index is 0.132. The van der Waals surface area contributed by atoms with Gasteiger partial charge in [-0.1, -0.05) is 35.9 Å². The Labute approximate surface area is 136 Å². The van der Waals surface area contributed by atoms with Crippen LogP contribution in [0.5, 0.6) is 0 Å². The normalized spacial score (nSPS) is 14.1. The first-order valence-electron chi connectivity index (χ1n) is 8.06. The van der Waals surface area contributed by atoms with Crippen LogP contribution in [0, 0.1) is 6.92 Å². The number of para-hydroxylation sites is 1. The van der Waals surface area contributed by atoms with Crippen molar-refractivity contribution in [3.05, 3.63) is 70.9 Å². The Hall–Kier alpha value is -2.55. The van der Waals surface area contributed by atoms with Crippen molar-refractivity contribution in [2.24, 2.45) is 7.05 Å². The molecule has 2 aromatic carbocycles. The van der Waals surface area contributed by atoms with Crippen molar-refractivity contribution in [2.75, 3.05) is 6.54 Å². The second kappa shape index (κ2) is 5.27. The van der Waals surface area contributed by atoms with Gasteiger partial charge in [-0.15, -0.1) is 0 Å². The number of carbonyl (C=O) groups excluding carboxylic acids is 1. The van der Waals surface area contributed by atoms with Gasteiger partial charge in [0.15, 0.2) is 0 Å². The summed E-state index contributed by atoms with van der Waals surface area (Å²) < 4.78 is 2.28. The summed E-state index contributed by atoms with van der Waals surface area (Å²) in [5.41, 5.74) is 5.82. The molecule has 3 heteroatoms. The lowest BCUT2D eigenvalue weighted by molar-refractivity contribution is 0.0734. The number of aryl methyl sites for hydroxylation is 2. The smallest absolute Gasteiger partial charge is 0.254 e. The highest BCUT2D eigenvalue weighted by molar-refractivity contribution is 5.95. The van der Waals surface area contributed by atoms with Crippen LogP contribution in [0.2, 0.25) is 0 Å². The summed E-state index contributed by atoms with van der Waals surface area (Å²) in [5, 5.41) is 1.27. The number of aromatic nitrogens is 1. The Kier molecular flexibility index (Phi) is 3.22. The van der Waals surface area contributed by atoms with Crippen molar-refractivity contribution >= 4 is 16.8 Å². The summed E-state index contributed by atoms with van der Waals surface area (Å²) in [5.74, 6) is 0.132. The topological polar surface area (TPSA) is 25.2 Å². The zero-order valence-corrected chi connectivity index (χ0v) is 13.5.